The normalized spacial score (nSPS) is 10.6. The maximum absolute atomic E-state index is 11.8. The van der Waals surface area contributed by atoms with Gasteiger partial charge < -0.3 is 0 Å². The molecule has 0 spiro atoms. The third-order valence-electron chi connectivity index (χ3n) is 2.26. The molecule has 0 saturated carbocycles. The number of pyridine rings is 1. The lowest BCUT2D eigenvalue weighted by molar-refractivity contribution is 0.104. The maximum Gasteiger partial charge on any atom is 0.185 e. The summed E-state index contributed by atoms with van der Waals surface area (Å²) >= 11 is 2.25. The Balaban J connectivity index is 2.11. The number of carbonyl (C=O) groups is 1. The van der Waals surface area contributed by atoms with Crippen LogP contribution in [-0.4, -0.2) is 10.8 Å². The highest BCUT2D eigenvalue weighted by Crippen LogP contribution is 2.09. The van der Waals surface area contributed by atoms with Gasteiger partial charge in [0, 0.05) is 21.5 Å². The van der Waals surface area contributed by atoms with E-state index in [0.717, 1.165) is 5.56 Å². The van der Waals surface area contributed by atoms with E-state index in [2.05, 4.69) is 27.6 Å². The molecule has 0 saturated heterocycles. The van der Waals surface area contributed by atoms with Gasteiger partial charge in [-0.05, 0) is 58.5 Å². The van der Waals surface area contributed by atoms with E-state index in [1.54, 1.807) is 30.6 Å². The van der Waals surface area contributed by atoms with E-state index >= 15 is 0 Å². The number of halogens is 1. The maximum atomic E-state index is 11.8. The van der Waals surface area contributed by atoms with Gasteiger partial charge in [-0.25, -0.2) is 0 Å². The van der Waals surface area contributed by atoms with Crippen LogP contribution in [0.4, 0.5) is 0 Å². The summed E-state index contributed by atoms with van der Waals surface area (Å²) in [5.41, 5.74) is 1.68. The van der Waals surface area contributed by atoms with Crippen LogP contribution in [0.1, 0.15) is 15.9 Å². The summed E-state index contributed by atoms with van der Waals surface area (Å²) in [6, 6.07) is 11.4. The van der Waals surface area contributed by atoms with Crippen molar-refractivity contribution in [2.45, 2.75) is 0 Å². The highest BCUT2D eigenvalue weighted by molar-refractivity contribution is 14.1. The Kier molecular flexibility index (Phi) is 4.03. The standard InChI is InChI=1S/C14H10INO/c15-13-4-1-11(2-5-13)3-6-14(17)12-7-9-16-10-8-12/h1-10H. The van der Waals surface area contributed by atoms with Crippen LogP contribution in [0.5, 0.6) is 0 Å². The number of aromatic nitrogens is 1. The van der Waals surface area contributed by atoms with Crippen molar-refractivity contribution in [3.05, 3.63) is 69.6 Å². The number of nitrogens with zero attached hydrogens (tertiary/aromatic N) is 1. The highest BCUT2D eigenvalue weighted by Gasteiger charge is 1.99. The molecule has 0 aliphatic heterocycles. The number of hydrogen-bond acceptors (Lipinski definition) is 2. The van der Waals surface area contributed by atoms with Gasteiger partial charge in [0.15, 0.2) is 5.78 Å². The second-order valence-corrected chi connectivity index (χ2v) is 4.73. The molecule has 84 valence electrons. The minimum Gasteiger partial charge on any atom is -0.289 e. The fraction of sp³-hybridized carbons (Fsp3) is 0. The summed E-state index contributed by atoms with van der Waals surface area (Å²) in [6.45, 7) is 0. The lowest BCUT2D eigenvalue weighted by atomic mass is 10.1. The van der Waals surface area contributed by atoms with Gasteiger partial charge in [-0.15, -0.1) is 0 Å². The molecule has 2 aromatic rings. The Morgan fingerprint density at radius 1 is 1.06 bits per heavy atom. The summed E-state index contributed by atoms with van der Waals surface area (Å²) < 4.78 is 1.18. The van der Waals surface area contributed by atoms with Crippen molar-refractivity contribution in [1.29, 1.82) is 0 Å². The van der Waals surface area contributed by atoms with Gasteiger partial charge in [0.1, 0.15) is 0 Å². The van der Waals surface area contributed by atoms with Crippen LogP contribution in [0, 0.1) is 3.57 Å². The Morgan fingerprint density at radius 2 is 1.71 bits per heavy atom. The first-order chi connectivity index (χ1) is 8.25. The Labute approximate surface area is 114 Å². The number of benzene rings is 1. The molecule has 2 nitrogen and oxygen atoms in total. The first-order valence-corrected chi connectivity index (χ1v) is 6.21. The average molecular weight is 335 g/mol. The zero-order valence-corrected chi connectivity index (χ0v) is 11.2. The average Bonchev–Trinajstić information content (AvgIpc) is 2.39. The van der Waals surface area contributed by atoms with Crippen LogP contribution in [0.25, 0.3) is 6.08 Å². The van der Waals surface area contributed by atoms with Crippen molar-refractivity contribution < 1.29 is 4.79 Å². The van der Waals surface area contributed by atoms with Gasteiger partial charge >= 0.3 is 0 Å². The van der Waals surface area contributed by atoms with E-state index in [1.807, 2.05) is 30.3 Å². The van der Waals surface area contributed by atoms with Crippen LogP contribution in [0.3, 0.4) is 0 Å². The molecule has 0 aliphatic carbocycles. The summed E-state index contributed by atoms with van der Waals surface area (Å²) in [5.74, 6) is -0.00838. The van der Waals surface area contributed by atoms with E-state index in [9.17, 15) is 4.79 Å². The number of hydrogen-bond donors (Lipinski definition) is 0. The third-order valence-corrected chi connectivity index (χ3v) is 2.98. The Hall–Kier alpha value is -1.49. The molecule has 2 rings (SSSR count). The Bertz CT molecular complexity index is 532. The highest BCUT2D eigenvalue weighted by atomic mass is 127. The van der Waals surface area contributed by atoms with Crippen LogP contribution >= 0.6 is 22.6 Å². The summed E-state index contributed by atoms with van der Waals surface area (Å²) in [6.07, 6.45) is 6.63. The van der Waals surface area contributed by atoms with Crippen molar-refractivity contribution in [3.63, 3.8) is 0 Å². The number of carbonyl (C=O) groups excluding carboxylic acids is 1. The molecule has 0 radical (unpaired) electrons. The van der Waals surface area contributed by atoms with E-state index < -0.39 is 0 Å². The largest absolute Gasteiger partial charge is 0.289 e. The van der Waals surface area contributed by atoms with Gasteiger partial charge in [-0.3, -0.25) is 9.78 Å². The molecule has 1 aromatic carbocycles. The van der Waals surface area contributed by atoms with Crippen LogP contribution in [0.15, 0.2) is 54.9 Å². The molecule has 0 unspecified atom stereocenters. The van der Waals surface area contributed by atoms with Crippen LogP contribution in [-0.2, 0) is 0 Å². The molecule has 1 aromatic heterocycles. The topological polar surface area (TPSA) is 30.0 Å². The summed E-state index contributed by atoms with van der Waals surface area (Å²) in [4.78, 5) is 15.6. The number of rotatable bonds is 3. The lowest BCUT2D eigenvalue weighted by Gasteiger charge is -1.95. The fourth-order valence-electron chi connectivity index (χ4n) is 1.36. The monoisotopic (exact) mass is 335 g/mol. The second-order valence-electron chi connectivity index (χ2n) is 3.49. The third kappa shape index (κ3) is 3.49. The van der Waals surface area contributed by atoms with Gasteiger partial charge in [0.25, 0.3) is 0 Å². The molecule has 1 heterocycles. The fourth-order valence-corrected chi connectivity index (χ4v) is 1.72. The second kappa shape index (κ2) is 5.72. The van der Waals surface area contributed by atoms with Gasteiger partial charge in [-0.2, -0.15) is 0 Å². The molecular weight excluding hydrogens is 325 g/mol. The zero-order chi connectivity index (χ0) is 12.1. The van der Waals surface area contributed by atoms with Crippen molar-refractivity contribution in [2.75, 3.05) is 0 Å². The van der Waals surface area contributed by atoms with E-state index in [1.165, 1.54) is 3.57 Å². The molecule has 3 heteroatoms. The van der Waals surface area contributed by atoms with Gasteiger partial charge in [-0.1, -0.05) is 18.2 Å². The predicted octanol–water partition coefficient (Wildman–Crippen LogP) is 3.58. The van der Waals surface area contributed by atoms with Crippen molar-refractivity contribution >= 4 is 34.5 Å². The predicted molar refractivity (Wildman–Crippen MR) is 76.8 cm³/mol. The van der Waals surface area contributed by atoms with E-state index in [0.29, 0.717) is 5.56 Å². The molecule has 0 amide bonds. The van der Waals surface area contributed by atoms with E-state index in [-0.39, 0.29) is 5.78 Å². The quantitative estimate of drug-likeness (QED) is 0.488. The minimum absolute atomic E-state index is 0.00838. The van der Waals surface area contributed by atoms with Crippen LogP contribution < -0.4 is 0 Å². The SMILES string of the molecule is O=C(C=Cc1ccc(I)cc1)c1ccncc1. The number of ketones is 1. The molecule has 0 aliphatic rings. The summed E-state index contributed by atoms with van der Waals surface area (Å²) in [7, 11) is 0. The molecular formula is C14H10INO. The molecule has 0 N–H and O–H groups in total. The summed E-state index contributed by atoms with van der Waals surface area (Å²) in [5, 5.41) is 0. The zero-order valence-electron chi connectivity index (χ0n) is 9.01. The van der Waals surface area contributed by atoms with Gasteiger partial charge in [0.2, 0.25) is 0 Å². The molecule has 0 bridgehead atoms. The lowest BCUT2D eigenvalue weighted by Crippen LogP contribution is -1.93. The van der Waals surface area contributed by atoms with E-state index in [4.69, 9.17) is 0 Å². The van der Waals surface area contributed by atoms with Crippen molar-refractivity contribution in [1.82, 2.24) is 4.98 Å². The van der Waals surface area contributed by atoms with Crippen molar-refractivity contribution in [3.8, 4) is 0 Å². The first-order valence-electron chi connectivity index (χ1n) is 5.14. The van der Waals surface area contributed by atoms with Crippen LogP contribution in [0.2, 0.25) is 0 Å². The number of allylic oxidation sites excluding steroid dienone is 1. The first kappa shape index (κ1) is 12.0. The molecule has 0 atom stereocenters. The molecule has 0 fully saturated rings. The minimum atomic E-state index is -0.00838. The van der Waals surface area contributed by atoms with Gasteiger partial charge in [0.05, 0.1) is 0 Å². The Morgan fingerprint density at radius 3 is 2.35 bits per heavy atom. The van der Waals surface area contributed by atoms with Crippen molar-refractivity contribution in [2.24, 2.45) is 0 Å². The molecule has 17 heavy (non-hydrogen) atoms. The smallest absolute Gasteiger partial charge is 0.185 e.